The molecule has 368 valence electrons. The van der Waals surface area contributed by atoms with Crippen LogP contribution in [0.1, 0.15) is 121 Å². The summed E-state index contributed by atoms with van der Waals surface area (Å²) < 4.78 is 0. The summed E-state index contributed by atoms with van der Waals surface area (Å²) in [5.41, 5.74) is 9.05. The van der Waals surface area contributed by atoms with E-state index in [-0.39, 0.29) is 35.7 Å². The van der Waals surface area contributed by atoms with Gasteiger partial charge in [0.1, 0.15) is 11.4 Å². The second kappa shape index (κ2) is 21.0. The fourth-order valence-electron chi connectivity index (χ4n) is 12.3. The predicted molar refractivity (Wildman–Crippen MR) is 274 cm³/mol. The molecule has 0 bridgehead atoms. The number of hydrogen-bond acceptors (Lipinski definition) is 11. The van der Waals surface area contributed by atoms with Crippen LogP contribution in [0.25, 0.3) is 9.69 Å². The number of hydrogen-bond donors (Lipinski definition) is 4. The Morgan fingerprint density at radius 3 is 1.56 bits per heavy atom. The number of rotatable bonds is 6. The summed E-state index contributed by atoms with van der Waals surface area (Å²) in [4.78, 5) is 42.1. The predicted octanol–water partition coefficient (Wildman–Crippen LogP) is 9.51. The Balaban J connectivity index is 0.000000148. The molecule has 17 heteroatoms. The van der Waals surface area contributed by atoms with Gasteiger partial charge in [0.05, 0.1) is 71.6 Å². The first-order valence-electron chi connectivity index (χ1n) is 25.2. The molecular weight excluding hydrogens is 940 g/mol. The number of aliphatic hydroxyl groups is 2. The monoisotopic (exact) mass is 996 g/mol. The highest BCUT2D eigenvalue weighted by atomic mass is 35.5. The maximum Gasteiger partial charge on any atom is 0.354 e. The molecule has 2 aromatic carbocycles. The second-order valence-corrected chi connectivity index (χ2v) is 20.9. The van der Waals surface area contributed by atoms with E-state index in [9.17, 15) is 19.8 Å². The number of amides is 1. The number of aromatic carboxylic acids is 1. The number of aromatic nitrogens is 2. The molecule has 4 aromatic rings. The van der Waals surface area contributed by atoms with Crippen LogP contribution in [-0.2, 0) is 12.8 Å². The summed E-state index contributed by atoms with van der Waals surface area (Å²) in [6, 6.07) is 18.9. The van der Waals surface area contributed by atoms with Gasteiger partial charge in [-0.15, -0.1) is 0 Å². The summed E-state index contributed by atoms with van der Waals surface area (Å²) in [6.45, 7) is 17.3. The number of benzene rings is 2. The average molecular weight is 998 g/mol. The molecule has 0 spiro atoms. The van der Waals surface area contributed by atoms with Crippen LogP contribution in [0.15, 0.2) is 70.9 Å². The largest absolute Gasteiger partial charge is 0.477 e. The maximum absolute atomic E-state index is 12.9. The van der Waals surface area contributed by atoms with Crippen LogP contribution in [0.4, 0.5) is 22.7 Å². The first-order chi connectivity index (χ1) is 34.5. The van der Waals surface area contributed by atoms with Crippen molar-refractivity contribution in [2.45, 2.75) is 114 Å². The van der Waals surface area contributed by atoms with E-state index in [0.717, 1.165) is 90.5 Å². The minimum absolute atomic E-state index is 0.0648. The van der Waals surface area contributed by atoms with Gasteiger partial charge in [0.25, 0.3) is 5.91 Å². The first-order valence-corrected chi connectivity index (χ1v) is 25.9. The minimum Gasteiger partial charge on any atom is -0.477 e. The number of carboxylic acids is 1. The molecule has 6 heterocycles. The third-order valence-electron chi connectivity index (χ3n) is 15.7. The average Bonchev–Trinajstić information content (AvgIpc) is 4.26. The van der Waals surface area contributed by atoms with E-state index in [1.165, 1.54) is 51.4 Å². The number of nitrogens with zero attached hydrogens (tertiary/aromatic N) is 9. The van der Waals surface area contributed by atoms with E-state index in [2.05, 4.69) is 30.0 Å². The summed E-state index contributed by atoms with van der Waals surface area (Å²) in [5, 5.41) is 46.1. The highest BCUT2D eigenvalue weighted by molar-refractivity contribution is 6.34. The lowest BCUT2D eigenvalue weighted by atomic mass is 9.76. The van der Waals surface area contributed by atoms with Gasteiger partial charge in [-0.3, -0.25) is 14.8 Å². The molecule has 4 fully saturated rings. The minimum atomic E-state index is -1.01. The SMILES string of the molecule is O[C@H]1CCNC1.[C-]#[N+]c1ccc(N2N=C3c4ccc(C(=O)N5CC[C@H](O)C5)nc4CCC3C2C2CCCC2)cc1Cl.[C-]#[N+]c1ccc(N2N=C3c4ccc(C(=O)O)nc4CCC3C2C2CCCC2)cc1Cl. The van der Waals surface area contributed by atoms with Crippen LogP contribution in [0.2, 0.25) is 10.0 Å². The van der Waals surface area contributed by atoms with Crippen molar-refractivity contribution in [2.24, 2.45) is 33.9 Å². The number of aryl methyl sites for hydroxylation is 2. The van der Waals surface area contributed by atoms with E-state index in [1.54, 1.807) is 23.1 Å². The number of anilines is 2. The molecule has 1 amide bonds. The van der Waals surface area contributed by atoms with Crippen molar-refractivity contribution in [1.29, 1.82) is 0 Å². The number of likely N-dealkylation sites (tertiary alicyclic amines) is 1. The highest BCUT2D eigenvalue weighted by Crippen LogP contribution is 2.47. The van der Waals surface area contributed by atoms with Crippen molar-refractivity contribution in [1.82, 2.24) is 20.2 Å². The lowest BCUT2D eigenvalue weighted by Gasteiger charge is -2.34. The van der Waals surface area contributed by atoms with Gasteiger partial charge >= 0.3 is 5.97 Å². The van der Waals surface area contributed by atoms with Gasteiger partial charge in [-0.1, -0.05) is 61.0 Å². The van der Waals surface area contributed by atoms with Crippen LogP contribution in [0.5, 0.6) is 0 Å². The smallest absolute Gasteiger partial charge is 0.354 e. The van der Waals surface area contributed by atoms with Crippen molar-refractivity contribution in [3.63, 3.8) is 0 Å². The number of aliphatic hydroxyl groups excluding tert-OH is 2. The first kappa shape index (κ1) is 48.7. The lowest BCUT2D eigenvalue weighted by molar-refractivity contribution is 0.0689. The number of pyridine rings is 2. The molecule has 12 rings (SSSR count). The van der Waals surface area contributed by atoms with Gasteiger partial charge in [-0.25, -0.2) is 24.5 Å². The zero-order chi connectivity index (χ0) is 49.3. The van der Waals surface area contributed by atoms with Crippen molar-refractivity contribution in [3.05, 3.63) is 127 Å². The Hall–Kier alpha value is -5.94. The molecule has 6 atom stereocenters. The molecule has 15 nitrogen and oxygen atoms in total. The maximum atomic E-state index is 12.9. The Kier molecular flexibility index (Phi) is 14.4. The fraction of sp³-hybridized carbons (Fsp3) is 0.481. The number of carboxylic acid groups (broad SMARTS) is 1. The van der Waals surface area contributed by atoms with Gasteiger partial charge in [-0.05, 0) is 131 Å². The summed E-state index contributed by atoms with van der Waals surface area (Å²) in [6.07, 6.45) is 14.3. The molecule has 2 saturated heterocycles. The molecule has 4 N–H and O–H groups in total. The number of halogens is 2. The zero-order valence-corrected chi connectivity index (χ0v) is 41.1. The lowest BCUT2D eigenvalue weighted by Crippen LogP contribution is -2.41. The summed E-state index contributed by atoms with van der Waals surface area (Å²) in [5.74, 6) is 0.605. The zero-order valence-electron chi connectivity index (χ0n) is 39.6. The third-order valence-corrected chi connectivity index (χ3v) is 16.3. The van der Waals surface area contributed by atoms with Crippen LogP contribution in [0.3, 0.4) is 0 Å². The molecule has 2 aromatic heterocycles. The Labute approximate surface area is 424 Å². The quantitative estimate of drug-likeness (QED) is 0.136. The van der Waals surface area contributed by atoms with Crippen LogP contribution < -0.4 is 15.3 Å². The van der Waals surface area contributed by atoms with Crippen LogP contribution in [0, 0.1) is 36.8 Å². The van der Waals surface area contributed by atoms with E-state index in [0.29, 0.717) is 64.4 Å². The number of hydrazone groups is 2. The van der Waals surface area contributed by atoms with E-state index in [1.807, 2.05) is 42.5 Å². The standard InChI is InChI=1S/C27H28ClN5O2.C23H21ClN4O2.C4H9NO/c1-29-23-9-6-17(14-21(23)28)33-26(16-4-2-3-5-16)20-8-10-22-19(25(20)31-33)7-11-24(30-22)27(35)32-13-12-18(34)15-32;1-25-19-9-6-14(12-17(19)24)28-22(13-4-2-3-5-13)16-8-10-18-15(21(16)27-28)7-11-20(26-18)23(29)30;6-4-1-2-5-3-4/h6-7,9,11,14,16,18,20,26,34H,2-5,8,10,12-13,15H2;6-7,9,11-13,16,22H,2-5,8,10H2,(H,29,30);4-6H,1-3H2/t18-,20?,26?;;4-/m0.0/s1. The van der Waals surface area contributed by atoms with Gasteiger partial charge in [0.2, 0.25) is 11.4 Å². The number of nitrogens with one attached hydrogen (secondary N) is 1. The molecular formula is C54H58Cl2N10O5. The molecule has 8 aliphatic rings. The summed E-state index contributed by atoms with van der Waals surface area (Å²) >= 11 is 12.8. The van der Waals surface area contributed by atoms with Crippen molar-refractivity contribution in [2.75, 3.05) is 36.2 Å². The van der Waals surface area contributed by atoms with E-state index in [4.69, 9.17) is 56.6 Å². The number of β-amino-alcohol motifs (C(OH)–C–C–N with tert-alkyl or cyclic N) is 2. The number of fused-ring (bicyclic) bond motifs is 6. The number of carbonyl (C=O) groups excluding carboxylic acids is 1. The second-order valence-electron chi connectivity index (χ2n) is 20.0. The van der Waals surface area contributed by atoms with Gasteiger partial charge in [0, 0.05) is 52.6 Å². The third kappa shape index (κ3) is 9.88. The molecule has 71 heavy (non-hydrogen) atoms. The Bertz CT molecular complexity index is 2850. The molecule has 4 aliphatic heterocycles. The molecule has 2 saturated carbocycles. The number of carbonyl (C=O) groups is 2. The van der Waals surface area contributed by atoms with Gasteiger partial charge < -0.3 is 25.5 Å². The van der Waals surface area contributed by atoms with Crippen molar-refractivity contribution >= 4 is 69.3 Å². The van der Waals surface area contributed by atoms with Gasteiger partial charge in [-0.2, -0.15) is 10.2 Å². The highest BCUT2D eigenvalue weighted by Gasteiger charge is 2.48. The van der Waals surface area contributed by atoms with E-state index < -0.39 is 12.1 Å². The van der Waals surface area contributed by atoms with Crippen molar-refractivity contribution < 1.29 is 24.9 Å². The summed E-state index contributed by atoms with van der Waals surface area (Å²) in [7, 11) is 0. The van der Waals surface area contributed by atoms with Crippen molar-refractivity contribution in [3.8, 4) is 0 Å². The fourth-order valence-corrected chi connectivity index (χ4v) is 12.7. The molecule has 4 unspecified atom stereocenters. The van der Waals surface area contributed by atoms with Crippen LogP contribution >= 0.6 is 23.2 Å². The van der Waals surface area contributed by atoms with Crippen LogP contribution in [-0.4, -0.2) is 104 Å². The Morgan fingerprint density at radius 2 is 1.15 bits per heavy atom. The molecule has 0 radical (unpaired) electrons. The Morgan fingerprint density at radius 1 is 0.648 bits per heavy atom. The normalized spacial score (nSPS) is 25.4. The molecule has 4 aliphatic carbocycles. The van der Waals surface area contributed by atoms with Gasteiger partial charge in [0.15, 0.2) is 0 Å². The van der Waals surface area contributed by atoms with E-state index >= 15 is 0 Å². The topological polar surface area (TPSA) is 176 Å².